The van der Waals surface area contributed by atoms with Crippen LogP contribution in [0.15, 0.2) is 76.0 Å². The number of benzene rings is 2. The summed E-state index contributed by atoms with van der Waals surface area (Å²) in [5.74, 6) is 0.589. The topological polar surface area (TPSA) is 89.2 Å². The van der Waals surface area contributed by atoms with Crippen LogP contribution >= 0.6 is 22.9 Å². The highest BCUT2D eigenvalue weighted by Gasteiger charge is 2.27. The van der Waals surface area contributed by atoms with Gasteiger partial charge in [-0.3, -0.25) is 0 Å². The minimum Gasteiger partial charge on any atom is -0.365 e. The van der Waals surface area contributed by atoms with Crippen molar-refractivity contribution in [3.05, 3.63) is 76.6 Å². The highest BCUT2D eigenvalue weighted by molar-refractivity contribution is 7.91. The van der Waals surface area contributed by atoms with Crippen LogP contribution in [0.1, 0.15) is 5.56 Å². The van der Waals surface area contributed by atoms with Crippen molar-refractivity contribution in [1.29, 1.82) is 0 Å². The molecule has 3 aromatic heterocycles. The van der Waals surface area contributed by atoms with Crippen LogP contribution < -0.4 is 5.32 Å². The van der Waals surface area contributed by atoms with Crippen LogP contribution in [0.2, 0.25) is 5.02 Å². The number of aromatic nitrogens is 4. The second-order valence-corrected chi connectivity index (χ2v) is 9.74. The van der Waals surface area contributed by atoms with E-state index in [0.29, 0.717) is 17.4 Å². The monoisotopic (exact) mass is 455 g/mol. The maximum atomic E-state index is 13.2. The van der Waals surface area contributed by atoms with Crippen LogP contribution in [0, 0.1) is 0 Å². The summed E-state index contributed by atoms with van der Waals surface area (Å²) < 4.78 is 28.7. The summed E-state index contributed by atoms with van der Waals surface area (Å²) in [6.07, 6.45) is 0. The van der Waals surface area contributed by atoms with Crippen LogP contribution in [0.4, 0.5) is 5.82 Å². The summed E-state index contributed by atoms with van der Waals surface area (Å²) in [7, 11) is -3.91. The molecule has 5 rings (SSSR count). The predicted octanol–water partition coefficient (Wildman–Crippen LogP) is 4.44. The number of nitrogens with zero attached hydrogens (tertiary/aromatic N) is 4. The zero-order chi connectivity index (χ0) is 20.7. The lowest BCUT2D eigenvalue weighted by Crippen LogP contribution is -2.06. The summed E-state index contributed by atoms with van der Waals surface area (Å²) in [5.41, 5.74) is 2.00. The molecule has 0 saturated heterocycles. The van der Waals surface area contributed by atoms with Crippen molar-refractivity contribution in [3.8, 4) is 0 Å². The zero-order valence-corrected chi connectivity index (χ0v) is 17.7. The summed E-state index contributed by atoms with van der Waals surface area (Å²) in [5, 5.41) is 13.5. The average molecular weight is 456 g/mol. The van der Waals surface area contributed by atoms with Gasteiger partial charge in [0, 0.05) is 11.6 Å². The molecular weight excluding hydrogens is 442 g/mol. The molecule has 0 aliphatic heterocycles. The average Bonchev–Trinajstić information content (AvgIpc) is 3.40. The van der Waals surface area contributed by atoms with Crippen LogP contribution in [0.3, 0.4) is 0 Å². The van der Waals surface area contributed by atoms with Gasteiger partial charge in [-0.15, -0.1) is 16.4 Å². The number of sulfone groups is 1. The van der Waals surface area contributed by atoms with Crippen LogP contribution in [-0.4, -0.2) is 28.2 Å². The first-order valence-corrected chi connectivity index (χ1v) is 11.7. The lowest BCUT2D eigenvalue weighted by Gasteiger charge is -2.08. The van der Waals surface area contributed by atoms with Gasteiger partial charge in [0.25, 0.3) is 0 Å². The minimum atomic E-state index is -3.91. The number of thiophene rings is 1. The Morgan fingerprint density at radius 3 is 2.57 bits per heavy atom. The van der Waals surface area contributed by atoms with E-state index >= 15 is 0 Å². The van der Waals surface area contributed by atoms with Crippen molar-refractivity contribution < 1.29 is 8.42 Å². The Morgan fingerprint density at radius 1 is 1.03 bits per heavy atom. The van der Waals surface area contributed by atoms with Gasteiger partial charge in [0.15, 0.2) is 5.65 Å². The fourth-order valence-corrected chi connectivity index (χ4v) is 5.32. The second-order valence-electron chi connectivity index (χ2n) is 6.52. The minimum absolute atomic E-state index is 0.0836. The van der Waals surface area contributed by atoms with E-state index in [0.717, 1.165) is 15.8 Å². The van der Waals surface area contributed by atoms with Gasteiger partial charge in [-0.2, -0.15) is 4.52 Å². The number of halogens is 1. The number of hydrogen-bond donors (Lipinski definition) is 1. The van der Waals surface area contributed by atoms with Gasteiger partial charge in [-0.05, 0) is 41.3 Å². The Labute approximate surface area is 180 Å². The van der Waals surface area contributed by atoms with Gasteiger partial charge in [0.1, 0.15) is 5.82 Å². The first kappa shape index (κ1) is 19.0. The second kappa shape index (κ2) is 7.35. The Balaban J connectivity index is 1.64. The van der Waals surface area contributed by atoms with Gasteiger partial charge in [0.2, 0.25) is 14.9 Å². The van der Waals surface area contributed by atoms with Crippen LogP contribution in [0.5, 0.6) is 0 Å². The van der Waals surface area contributed by atoms with Crippen molar-refractivity contribution in [2.75, 3.05) is 5.32 Å². The Morgan fingerprint density at radius 2 is 1.80 bits per heavy atom. The molecule has 5 aromatic rings. The summed E-state index contributed by atoms with van der Waals surface area (Å²) in [4.78, 5) is 4.68. The smallest absolute Gasteiger partial charge is 0.229 e. The zero-order valence-electron chi connectivity index (χ0n) is 15.4. The fourth-order valence-electron chi connectivity index (χ4n) is 3.12. The predicted molar refractivity (Wildman–Crippen MR) is 117 cm³/mol. The quantitative estimate of drug-likeness (QED) is 0.421. The number of rotatable bonds is 5. The summed E-state index contributed by atoms with van der Waals surface area (Å²) in [6.45, 7) is 0.553. The van der Waals surface area contributed by atoms with E-state index < -0.39 is 9.84 Å². The molecule has 0 aliphatic rings. The van der Waals surface area contributed by atoms with Crippen LogP contribution in [-0.2, 0) is 16.4 Å². The van der Waals surface area contributed by atoms with Crippen molar-refractivity contribution in [2.45, 2.75) is 16.5 Å². The molecule has 0 spiro atoms. The standard InChI is InChI=1S/C20H14ClN5O2S2/c21-14-6-8-15(9-7-14)30(27,28)20-19-23-18(22-12-13-4-2-1-3-5-13)17-16(10-11-29-17)26(19)25-24-20/h1-11H,12H2,(H,22,23). The lowest BCUT2D eigenvalue weighted by atomic mass is 10.2. The van der Waals surface area contributed by atoms with E-state index in [1.807, 2.05) is 41.8 Å². The van der Waals surface area contributed by atoms with E-state index in [9.17, 15) is 8.42 Å². The maximum absolute atomic E-state index is 13.2. The van der Waals surface area contributed by atoms with Crippen molar-refractivity contribution >= 4 is 54.5 Å². The normalized spacial score (nSPS) is 11.9. The molecule has 0 fully saturated rings. The van der Waals surface area contributed by atoms with E-state index in [4.69, 9.17) is 11.6 Å². The molecule has 1 N–H and O–H groups in total. The summed E-state index contributed by atoms with van der Waals surface area (Å²) >= 11 is 7.40. The Kier molecular flexibility index (Phi) is 4.65. The molecule has 3 heterocycles. The van der Waals surface area contributed by atoms with E-state index in [1.165, 1.54) is 40.1 Å². The third kappa shape index (κ3) is 3.20. The SMILES string of the molecule is O=S(=O)(c1ccc(Cl)cc1)c1nnn2c1nc(NCc1ccccc1)c1sccc12. The lowest BCUT2D eigenvalue weighted by molar-refractivity contribution is 0.592. The molecule has 30 heavy (non-hydrogen) atoms. The third-order valence-electron chi connectivity index (χ3n) is 4.60. The molecule has 7 nitrogen and oxygen atoms in total. The molecular formula is C20H14ClN5O2S2. The molecule has 0 radical (unpaired) electrons. The van der Waals surface area contributed by atoms with Gasteiger partial charge in [-0.1, -0.05) is 47.1 Å². The molecule has 0 bridgehead atoms. The van der Waals surface area contributed by atoms with E-state index in [1.54, 1.807) is 0 Å². The van der Waals surface area contributed by atoms with Crippen molar-refractivity contribution in [1.82, 2.24) is 19.8 Å². The molecule has 0 amide bonds. The first-order chi connectivity index (χ1) is 14.5. The van der Waals surface area contributed by atoms with Crippen LogP contribution in [0.25, 0.3) is 15.9 Å². The fraction of sp³-hybridized carbons (Fsp3) is 0.0500. The van der Waals surface area contributed by atoms with Crippen molar-refractivity contribution in [3.63, 3.8) is 0 Å². The van der Waals surface area contributed by atoms with Gasteiger partial charge < -0.3 is 5.32 Å². The van der Waals surface area contributed by atoms with Gasteiger partial charge in [-0.25, -0.2) is 13.4 Å². The first-order valence-electron chi connectivity index (χ1n) is 8.95. The molecule has 10 heteroatoms. The maximum Gasteiger partial charge on any atom is 0.229 e. The Bertz CT molecular complexity index is 1460. The largest absolute Gasteiger partial charge is 0.365 e. The summed E-state index contributed by atoms with van der Waals surface area (Å²) in [6, 6.07) is 17.7. The van der Waals surface area contributed by atoms with E-state index in [2.05, 4.69) is 20.6 Å². The Hall–Kier alpha value is -3.01. The molecule has 150 valence electrons. The molecule has 0 saturated carbocycles. The highest BCUT2D eigenvalue weighted by Crippen LogP contribution is 2.31. The number of anilines is 1. The number of fused-ring (bicyclic) bond motifs is 3. The highest BCUT2D eigenvalue weighted by atomic mass is 35.5. The van der Waals surface area contributed by atoms with E-state index in [-0.39, 0.29) is 15.6 Å². The third-order valence-corrected chi connectivity index (χ3v) is 7.43. The molecule has 2 aromatic carbocycles. The molecule has 0 aliphatic carbocycles. The van der Waals surface area contributed by atoms with Gasteiger partial charge in [0.05, 0.1) is 15.1 Å². The van der Waals surface area contributed by atoms with Crippen molar-refractivity contribution in [2.24, 2.45) is 0 Å². The number of hydrogen-bond acceptors (Lipinski definition) is 7. The molecule has 0 unspecified atom stereocenters. The molecule has 0 atom stereocenters. The number of nitrogens with one attached hydrogen (secondary N) is 1. The van der Waals surface area contributed by atoms with Gasteiger partial charge >= 0.3 is 0 Å².